The fourth-order valence-corrected chi connectivity index (χ4v) is 2.86. The molecule has 7 nitrogen and oxygen atoms in total. The summed E-state index contributed by atoms with van der Waals surface area (Å²) in [5, 5.41) is 5.51. The van der Waals surface area contributed by atoms with Crippen molar-refractivity contribution >= 4 is 40.8 Å². The molecule has 1 aromatic carbocycles. The molecule has 1 aliphatic rings. The van der Waals surface area contributed by atoms with Crippen LogP contribution in [-0.2, 0) is 14.3 Å². The first-order valence-corrected chi connectivity index (χ1v) is 9.06. The van der Waals surface area contributed by atoms with Gasteiger partial charge in [-0.05, 0) is 50.2 Å². The number of ether oxygens (including phenoxy) is 1. The van der Waals surface area contributed by atoms with E-state index in [1.165, 1.54) is 0 Å². The molecule has 26 heavy (non-hydrogen) atoms. The molecular formula is C18H23N3O4S. The van der Waals surface area contributed by atoms with Crippen molar-refractivity contribution < 1.29 is 19.1 Å². The third-order valence-electron chi connectivity index (χ3n) is 3.88. The van der Waals surface area contributed by atoms with Gasteiger partial charge in [0.25, 0.3) is 5.91 Å². The predicted molar refractivity (Wildman–Crippen MR) is 102 cm³/mol. The second kappa shape index (κ2) is 9.86. The number of carbonyl (C=O) groups is 3. The number of hydrogen-bond donors (Lipinski definition) is 2. The van der Waals surface area contributed by atoms with Crippen LogP contribution in [0.2, 0.25) is 0 Å². The van der Waals surface area contributed by atoms with Gasteiger partial charge in [0.05, 0.1) is 13.0 Å². The molecule has 2 rings (SSSR count). The molecule has 0 atom stereocenters. The Morgan fingerprint density at radius 1 is 1.19 bits per heavy atom. The fourth-order valence-electron chi connectivity index (χ4n) is 2.63. The predicted octanol–water partition coefficient (Wildman–Crippen LogP) is 2.08. The van der Waals surface area contributed by atoms with Crippen LogP contribution in [0.25, 0.3) is 0 Å². The number of nitrogens with zero attached hydrogens (tertiary/aromatic N) is 1. The molecule has 0 aromatic heterocycles. The van der Waals surface area contributed by atoms with Gasteiger partial charge in [0.15, 0.2) is 5.11 Å². The largest absolute Gasteiger partial charge is 0.466 e. The van der Waals surface area contributed by atoms with Gasteiger partial charge in [-0.25, -0.2) is 0 Å². The van der Waals surface area contributed by atoms with Crippen LogP contribution in [0.3, 0.4) is 0 Å². The van der Waals surface area contributed by atoms with Gasteiger partial charge < -0.3 is 20.3 Å². The lowest BCUT2D eigenvalue weighted by atomic mass is 10.2. The lowest BCUT2D eigenvalue weighted by Gasteiger charge is -2.16. The van der Waals surface area contributed by atoms with Gasteiger partial charge in [-0.1, -0.05) is 6.07 Å². The quantitative estimate of drug-likeness (QED) is 0.583. The Labute approximate surface area is 158 Å². The van der Waals surface area contributed by atoms with Crippen LogP contribution in [0.5, 0.6) is 0 Å². The van der Waals surface area contributed by atoms with E-state index in [1.54, 1.807) is 31.2 Å². The summed E-state index contributed by atoms with van der Waals surface area (Å²) >= 11 is 5.11. The molecule has 1 aliphatic heterocycles. The van der Waals surface area contributed by atoms with E-state index in [4.69, 9.17) is 17.0 Å². The minimum Gasteiger partial charge on any atom is -0.466 e. The number of hydrogen-bond acceptors (Lipinski definition) is 5. The van der Waals surface area contributed by atoms with Crippen LogP contribution >= 0.6 is 12.2 Å². The zero-order valence-electron chi connectivity index (χ0n) is 14.7. The number of carbonyl (C=O) groups excluding carboxylic acids is 3. The minimum absolute atomic E-state index is 0.00209. The van der Waals surface area contributed by atoms with Gasteiger partial charge in [0, 0.05) is 30.8 Å². The first kappa shape index (κ1) is 19.8. The van der Waals surface area contributed by atoms with Gasteiger partial charge in [0.1, 0.15) is 0 Å². The molecule has 0 unspecified atom stereocenters. The van der Waals surface area contributed by atoms with Crippen LogP contribution < -0.4 is 10.6 Å². The van der Waals surface area contributed by atoms with Gasteiger partial charge in [-0.2, -0.15) is 0 Å². The third-order valence-corrected chi connectivity index (χ3v) is 4.08. The van der Waals surface area contributed by atoms with Crippen molar-refractivity contribution in [2.75, 3.05) is 25.0 Å². The fraction of sp³-hybridized carbons (Fsp3) is 0.444. The van der Waals surface area contributed by atoms with Crippen molar-refractivity contribution in [3.63, 3.8) is 0 Å². The van der Waals surface area contributed by atoms with Gasteiger partial charge in [0.2, 0.25) is 5.91 Å². The summed E-state index contributed by atoms with van der Waals surface area (Å²) in [6, 6.07) is 6.99. The van der Waals surface area contributed by atoms with E-state index in [0.717, 1.165) is 25.9 Å². The van der Waals surface area contributed by atoms with Crippen LogP contribution in [0, 0.1) is 0 Å². The smallest absolute Gasteiger partial charge is 0.306 e. The highest BCUT2D eigenvalue weighted by atomic mass is 32.1. The Morgan fingerprint density at radius 3 is 2.62 bits per heavy atom. The molecule has 2 amide bonds. The van der Waals surface area contributed by atoms with Crippen LogP contribution in [0.1, 0.15) is 43.0 Å². The summed E-state index contributed by atoms with van der Waals surface area (Å²) in [5.41, 5.74) is 1.19. The number of thiocarbonyl (C=S) groups is 1. The Morgan fingerprint density at radius 2 is 1.92 bits per heavy atom. The molecule has 0 radical (unpaired) electrons. The summed E-state index contributed by atoms with van der Waals surface area (Å²) in [6.07, 6.45) is 2.06. The van der Waals surface area contributed by atoms with Crippen molar-refractivity contribution in [1.29, 1.82) is 0 Å². The highest BCUT2D eigenvalue weighted by Crippen LogP contribution is 2.16. The average molecular weight is 377 g/mol. The summed E-state index contributed by atoms with van der Waals surface area (Å²) in [5.74, 6) is -0.801. The molecule has 1 fully saturated rings. The summed E-state index contributed by atoms with van der Waals surface area (Å²) in [6.45, 7) is 3.56. The van der Waals surface area contributed by atoms with E-state index in [2.05, 4.69) is 10.6 Å². The number of nitrogens with one attached hydrogen (secondary N) is 2. The Hall–Kier alpha value is -2.48. The van der Waals surface area contributed by atoms with Crippen molar-refractivity contribution in [2.45, 2.75) is 32.6 Å². The zero-order valence-corrected chi connectivity index (χ0v) is 15.6. The van der Waals surface area contributed by atoms with E-state index in [9.17, 15) is 14.4 Å². The van der Waals surface area contributed by atoms with E-state index in [-0.39, 0.29) is 36.4 Å². The third kappa shape index (κ3) is 6.11. The number of benzene rings is 1. The summed E-state index contributed by atoms with van der Waals surface area (Å²) < 4.78 is 4.77. The second-order valence-corrected chi connectivity index (χ2v) is 6.30. The second-order valence-electron chi connectivity index (χ2n) is 5.89. The Balaban J connectivity index is 1.84. The van der Waals surface area contributed by atoms with Crippen LogP contribution in [-0.4, -0.2) is 47.5 Å². The number of rotatable bonds is 6. The molecular weight excluding hydrogens is 354 g/mol. The Bertz CT molecular complexity index is 687. The number of anilines is 1. The molecule has 1 heterocycles. The standard InChI is InChI=1S/C18H23N3O4S/c1-2-25-16(23)9-8-15(22)20-18(26)19-14-7-5-6-13(12-14)17(24)21-10-3-4-11-21/h5-7,12H,2-4,8-11H2,1H3,(H2,19,20,22,26). The normalized spacial score (nSPS) is 13.2. The van der Waals surface area contributed by atoms with E-state index in [0.29, 0.717) is 11.3 Å². The molecule has 1 aromatic rings. The number of esters is 1. The first-order chi connectivity index (χ1) is 12.5. The van der Waals surface area contributed by atoms with Gasteiger partial charge >= 0.3 is 5.97 Å². The average Bonchev–Trinajstić information content (AvgIpc) is 3.14. The molecule has 0 aliphatic carbocycles. The molecule has 2 N–H and O–H groups in total. The maximum absolute atomic E-state index is 12.4. The molecule has 0 saturated carbocycles. The maximum Gasteiger partial charge on any atom is 0.306 e. The molecule has 0 spiro atoms. The molecule has 1 saturated heterocycles. The zero-order chi connectivity index (χ0) is 18.9. The Kier molecular flexibility index (Phi) is 7.53. The van der Waals surface area contributed by atoms with Crippen molar-refractivity contribution in [1.82, 2.24) is 10.2 Å². The summed E-state index contributed by atoms with van der Waals surface area (Å²) in [7, 11) is 0. The molecule has 0 bridgehead atoms. The summed E-state index contributed by atoms with van der Waals surface area (Å²) in [4.78, 5) is 37.3. The molecule has 8 heteroatoms. The monoisotopic (exact) mass is 377 g/mol. The van der Waals surface area contributed by atoms with E-state index in [1.807, 2.05) is 4.90 Å². The number of amides is 2. The van der Waals surface area contributed by atoms with Crippen molar-refractivity contribution in [3.05, 3.63) is 29.8 Å². The first-order valence-electron chi connectivity index (χ1n) is 8.65. The highest BCUT2D eigenvalue weighted by molar-refractivity contribution is 7.80. The van der Waals surface area contributed by atoms with Crippen LogP contribution in [0.4, 0.5) is 5.69 Å². The van der Waals surface area contributed by atoms with Gasteiger partial charge in [-0.15, -0.1) is 0 Å². The lowest BCUT2D eigenvalue weighted by Crippen LogP contribution is -2.34. The molecule has 140 valence electrons. The van der Waals surface area contributed by atoms with E-state index >= 15 is 0 Å². The van der Waals surface area contributed by atoms with Crippen molar-refractivity contribution in [2.24, 2.45) is 0 Å². The number of likely N-dealkylation sites (tertiary alicyclic amines) is 1. The highest BCUT2D eigenvalue weighted by Gasteiger charge is 2.19. The topological polar surface area (TPSA) is 87.7 Å². The van der Waals surface area contributed by atoms with Crippen molar-refractivity contribution in [3.8, 4) is 0 Å². The van der Waals surface area contributed by atoms with Crippen LogP contribution in [0.15, 0.2) is 24.3 Å². The SMILES string of the molecule is CCOC(=O)CCC(=O)NC(=S)Nc1cccc(C(=O)N2CCCC2)c1. The maximum atomic E-state index is 12.4. The minimum atomic E-state index is -0.422. The van der Waals surface area contributed by atoms with Gasteiger partial charge in [-0.3, -0.25) is 14.4 Å². The van der Waals surface area contributed by atoms with E-state index < -0.39 is 5.97 Å². The lowest BCUT2D eigenvalue weighted by molar-refractivity contribution is -0.144.